The summed E-state index contributed by atoms with van der Waals surface area (Å²) in [5, 5.41) is 7.90. The van der Waals surface area contributed by atoms with Crippen molar-refractivity contribution in [3.05, 3.63) is 47.2 Å². The van der Waals surface area contributed by atoms with E-state index >= 15 is 0 Å². The maximum atomic E-state index is 13.1. The van der Waals surface area contributed by atoms with Gasteiger partial charge < -0.3 is 10.1 Å². The summed E-state index contributed by atoms with van der Waals surface area (Å²) in [5.74, 6) is -0.304. The number of thiazole rings is 1. The third kappa shape index (κ3) is 3.61. The summed E-state index contributed by atoms with van der Waals surface area (Å²) in [6, 6.07) is 5.45. The quantitative estimate of drug-likeness (QED) is 0.908. The highest BCUT2D eigenvalue weighted by molar-refractivity contribution is 7.13. The Bertz CT molecular complexity index is 612. The molecule has 7 heteroatoms. The van der Waals surface area contributed by atoms with Crippen LogP contribution < -0.4 is 10.6 Å². The van der Waals surface area contributed by atoms with Gasteiger partial charge in [-0.25, -0.2) is 14.2 Å². The lowest BCUT2D eigenvalue weighted by Crippen LogP contribution is -2.38. The molecular weight excluding hydrogens is 305 g/mol. The number of urea groups is 1. The van der Waals surface area contributed by atoms with E-state index in [2.05, 4.69) is 15.6 Å². The summed E-state index contributed by atoms with van der Waals surface area (Å²) in [5.41, 5.74) is 0.822. The molecule has 1 aromatic heterocycles. The van der Waals surface area contributed by atoms with Crippen molar-refractivity contribution < 1.29 is 13.9 Å². The van der Waals surface area contributed by atoms with Gasteiger partial charge in [-0.1, -0.05) is 12.1 Å². The summed E-state index contributed by atoms with van der Waals surface area (Å²) in [4.78, 5) is 16.1. The van der Waals surface area contributed by atoms with E-state index in [-0.39, 0.29) is 24.0 Å². The first kappa shape index (κ1) is 14.9. The predicted molar refractivity (Wildman–Crippen MR) is 82.4 cm³/mol. The van der Waals surface area contributed by atoms with Gasteiger partial charge in [-0.3, -0.25) is 5.32 Å². The standard InChI is InChI=1S/C15H16FN3O2S/c16-11-5-3-10(4-6-11)13(12-2-1-8-21-12)18-14(20)19-15-17-7-9-22-15/h3-7,9,12-13H,1-2,8H2,(H2,17,18,19,20)/t12-,13-/m0/s1. The Morgan fingerprint density at radius 2 is 2.23 bits per heavy atom. The minimum absolute atomic E-state index is 0.104. The molecule has 0 unspecified atom stereocenters. The zero-order valence-electron chi connectivity index (χ0n) is 11.8. The molecule has 116 valence electrons. The molecule has 2 aromatic rings. The number of halogens is 1. The zero-order chi connectivity index (χ0) is 15.4. The van der Waals surface area contributed by atoms with Crippen molar-refractivity contribution in [2.24, 2.45) is 0 Å². The molecule has 1 aromatic carbocycles. The Balaban J connectivity index is 1.73. The number of amides is 2. The van der Waals surface area contributed by atoms with Crippen LogP contribution in [0.1, 0.15) is 24.4 Å². The zero-order valence-corrected chi connectivity index (χ0v) is 12.6. The van der Waals surface area contributed by atoms with E-state index in [0.717, 1.165) is 18.4 Å². The number of aromatic nitrogens is 1. The normalized spacial score (nSPS) is 18.9. The van der Waals surface area contributed by atoms with Gasteiger partial charge in [-0.2, -0.15) is 0 Å². The van der Waals surface area contributed by atoms with E-state index in [1.807, 2.05) is 0 Å². The number of nitrogens with one attached hydrogen (secondary N) is 2. The molecule has 0 saturated carbocycles. The number of benzene rings is 1. The second kappa shape index (κ2) is 6.85. The van der Waals surface area contributed by atoms with Crippen LogP contribution in [0.5, 0.6) is 0 Å². The third-order valence-electron chi connectivity index (χ3n) is 3.51. The van der Waals surface area contributed by atoms with Crippen LogP contribution in [0.2, 0.25) is 0 Å². The molecule has 0 bridgehead atoms. The highest BCUT2D eigenvalue weighted by Gasteiger charge is 2.29. The van der Waals surface area contributed by atoms with Gasteiger partial charge in [0.1, 0.15) is 5.82 Å². The van der Waals surface area contributed by atoms with Gasteiger partial charge in [0.2, 0.25) is 0 Å². The van der Waals surface area contributed by atoms with E-state index < -0.39 is 0 Å². The summed E-state index contributed by atoms with van der Waals surface area (Å²) in [7, 11) is 0. The molecule has 0 aliphatic carbocycles. The first-order chi connectivity index (χ1) is 10.7. The lowest BCUT2D eigenvalue weighted by molar-refractivity contribution is 0.0815. The fraction of sp³-hybridized carbons (Fsp3) is 0.333. The Hall–Kier alpha value is -1.99. The highest BCUT2D eigenvalue weighted by atomic mass is 32.1. The number of hydrogen-bond donors (Lipinski definition) is 2. The summed E-state index contributed by atoms with van der Waals surface area (Å²) in [6.45, 7) is 0.679. The fourth-order valence-corrected chi connectivity index (χ4v) is 3.01. The summed E-state index contributed by atoms with van der Waals surface area (Å²) < 4.78 is 18.8. The first-order valence-corrected chi connectivity index (χ1v) is 7.94. The fourth-order valence-electron chi connectivity index (χ4n) is 2.49. The monoisotopic (exact) mass is 321 g/mol. The van der Waals surface area contributed by atoms with Gasteiger partial charge in [-0.05, 0) is 30.5 Å². The van der Waals surface area contributed by atoms with Crippen molar-refractivity contribution in [1.29, 1.82) is 0 Å². The number of carbonyl (C=O) groups is 1. The third-order valence-corrected chi connectivity index (χ3v) is 4.19. The molecule has 2 N–H and O–H groups in total. The molecule has 22 heavy (non-hydrogen) atoms. The second-order valence-electron chi connectivity index (χ2n) is 5.02. The van der Waals surface area contributed by atoms with Crippen molar-refractivity contribution in [3.8, 4) is 0 Å². The molecule has 1 aliphatic heterocycles. The van der Waals surface area contributed by atoms with Crippen LogP contribution in [0.3, 0.4) is 0 Å². The van der Waals surface area contributed by atoms with Crippen molar-refractivity contribution in [1.82, 2.24) is 10.3 Å². The van der Waals surface area contributed by atoms with Crippen molar-refractivity contribution >= 4 is 22.5 Å². The minimum Gasteiger partial charge on any atom is -0.376 e. The lowest BCUT2D eigenvalue weighted by Gasteiger charge is -2.24. The Labute approximate surface area is 131 Å². The van der Waals surface area contributed by atoms with E-state index in [0.29, 0.717) is 11.7 Å². The Kier molecular flexibility index (Phi) is 4.65. The van der Waals surface area contributed by atoms with Crippen LogP contribution in [0, 0.1) is 5.82 Å². The smallest absolute Gasteiger partial charge is 0.321 e. The van der Waals surface area contributed by atoms with Gasteiger partial charge in [0, 0.05) is 18.2 Å². The molecule has 5 nitrogen and oxygen atoms in total. The van der Waals surface area contributed by atoms with Crippen LogP contribution in [-0.4, -0.2) is 23.7 Å². The van der Waals surface area contributed by atoms with Gasteiger partial charge in [0.05, 0.1) is 12.1 Å². The topological polar surface area (TPSA) is 63.2 Å². The number of nitrogens with zero attached hydrogens (tertiary/aromatic N) is 1. The van der Waals surface area contributed by atoms with Crippen molar-refractivity contribution in [2.75, 3.05) is 11.9 Å². The van der Waals surface area contributed by atoms with Crippen LogP contribution in [0.4, 0.5) is 14.3 Å². The number of anilines is 1. The van der Waals surface area contributed by atoms with Crippen LogP contribution in [0.25, 0.3) is 0 Å². The summed E-state index contributed by atoms with van der Waals surface area (Å²) >= 11 is 1.34. The molecule has 1 saturated heterocycles. The van der Waals surface area contributed by atoms with E-state index in [1.54, 1.807) is 23.7 Å². The van der Waals surface area contributed by atoms with Gasteiger partial charge in [-0.15, -0.1) is 11.3 Å². The van der Waals surface area contributed by atoms with Crippen molar-refractivity contribution in [3.63, 3.8) is 0 Å². The number of ether oxygens (including phenoxy) is 1. The Morgan fingerprint density at radius 3 is 2.86 bits per heavy atom. The molecule has 2 heterocycles. The predicted octanol–water partition coefficient (Wildman–Crippen LogP) is 3.32. The Morgan fingerprint density at radius 1 is 1.41 bits per heavy atom. The average molecular weight is 321 g/mol. The van der Waals surface area contributed by atoms with Crippen LogP contribution in [-0.2, 0) is 4.74 Å². The molecule has 0 spiro atoms. The number of rotatable bonds is 4. The summed E-state index contributed by atoms with van der Waals surface area (Å²) in [6.07, 6.45) is 3.34. The average Bonchev–Trinajstić information content (AvgIpc) is 3.19. The molecule has 1 fully saturated rings. The number of hydrogen-bond acceptors (Lipinski definition) is 4. The molecule has 2 amide bonds. The minimum atomic E-state index is -0.347. The number of carbonyl (C=O) groups excluding carboxylic acids is 1. The van der Waals surface area contributed by atoms with E-state index in [4.69, 9.17) is 4.74 Å². The maximum absolute atomic E-state index is 13.1. The molecule has 2 atom stereocenters. The van der Waals surface area contributed by atoms with Gasteiger partial charge >= 0.3 is 6.03 Å². The van der Waals surface area contributed by atoms with Crippen molar-refractivity contribution in [2.45, 2.75) is 25.0 Å². The van der Waals surface area contributed by atoms with E-state index in [1.165, 1.54) is 23.5 Å². The molecular formula is C15H16FN3O2S. The first-order valence-electron chi connectivity index (χ1n) is 7.06. The largest absolute Gasteiger partial charge is 0.376 e. The maximum Gasteiger partial charge on any atom is 0.321 e. The van der Waals surface area contributed by atoms with Gasteiger partial charge in [0.15, 0.2) is 5.13 Å². The lowest BCUT2D eigenvalue weighted by atomic mass is 9.99. The molecule has 0 radical (unpaired) electrons. The SMILES string of the molecule is O=C(Nc1nccs1)N[C@@H](c1ccc(F)cc1)[C@@H]1CCCO1. The molecule has 1 aliphatic rings. The molecule has 3 rings (SSSR count). The highest BCUT2D eigenvalue weighted by Crippen LogP contribution is 2.27. The van der Waals surface area contributed by atoms with Crippen LogP contribution >= 0.6 is 11.3 Å². The van der Waals surface area contributed by atoms with Crippen LogP contribution in [0.15, 0.2) is 35.8 Å². The van der Waals surface area contributed by atoms with E-state index in [9.17, 15) is 9.18 Å². The second-order valence-corrected chi connectivity index (χ2v) is 5.91. The van der Waals surface area contributed by atoms with Gasteiger partial charge in [0.25, 0.3) is 0 Å².